The summed E-state index contributed by atoms with van der Waals surface area (Å²) in [7, 11) is 1.65. The summed E-state index contributed by atoms with van der Waals surface area (Å²) in [5.74, 6) is -0.00952. The van der Waals surface area contributed by atoms with Crippen molar-refractivity contribution in [3.63, 3.8) is 0 Å². The molecule has 0 unspecified atom stereocenters. The number of hydrogen-bond acceptors (Lipinski definition) is 5. The molecule has 7 heteroatoms. The molecule has 0 saturated heterocycles. The van der Waals surface area contributed by atoms with Gasteiger partial charge in [0, 0.05) is 12.1 Å². The summed E-state index contributed by atoms with van der Waals surface area (Å²) in [4.78, 5) is 13.4. The molecule has 0 spiro atoms. The Morgan fingerprint density at radius 1 is 1.42 bits per heavy atom. The number of carbonyl (C=O) groups excluding carboxylic acids is 1. The van der Waals surface area contributed by atoms with E-state index in [1.807, 2.05) is 18.2 Å². The summed E-state index contributed by atoms with van der Waals surface area (Å²) < 4.78 is 0. The fourth-order valence-corrected chi connectivity index (χ4v) is 2.13. The molecule has 0 atom stereocenters. The Bertz CT molecular complexity index is 620. The number of benzene rings is 1. The molecule has 0 saturated carbocycles. The number of aromatic nitrogens is 4. The first-order chi connectivity index (χ1) is 9.22. The number of rotatable bonds is 2. The van der Waals surface area contributed by atoms with E-state index in [9.17, 15) is 4.79 Å². The summed E-state index contributed by atoms with van der Waals surface area (Å²) >= 11 is 0. The third-order valence-electron chi connectivity index (χ3n) is 3.09. The van der Waals surface area contributed by atoms with Crippen molar-refractivity contribution in [2.45, 2.75) is 13.0 Å². The average Bonchev–Trinajstić information content (AvgIpc) is 2.83. The van der Waals surface area contributed by atoms with Crippen LogP contribution in [-0.4, -0.2) is 32.7 Å². The molecule has 1 aromatic heterocycles. The minimum absolute atomic E-state index is 0.211. The Kier molecular flexibility index (Phi) is 2.96. The van der Waals surface area contributed by atoms with Gasteiger partial charge in [0.05, 0.1) is 7.05 Å². The van der Waals surface area contributed by atoms with Crippen molar-refractivity contribution in [2.24, 2.45) is 7.05 Å². The van der Waals surface area contributed by atoms with Gasteiger partial charge in [-0.15, -0.1) is 5.10 Å². The monoisotopic (exact) mass is 258 g/mol. The highest BCUT2D eigenvalue weighted by Gasteiger charge is 2.13. The van der Waals surface area contributed by atoms with Gasteiger partial charge in [0.2, 0.25) is 0 Å². The van der Waals surface area contributed by atoms with Crippen molar-refractivity contribution in [1.82, 2.24) is 25.5 Å². The minimum atomic E-state index is -0.221. The highest BCUT2D eigenvalue weighted by atomic mass is 16.1. The maximum Gasteiger partial charge on any atom is 0.270 e. The van der Waals surface area contributed by atoms with E-state index in [1.54, 1.807) is 7.05 Å². The Morgan fingerprint density at radius 2 is 2.32 bits per heavy atom. The molecule has 7 nitrogen and oxygen atoms in total. The Morgan fingerprint density at radius 3 is 3.11 bits per heavy atom. The first-order valence-electron chi connectivity index (χ1n) is 6.10. The van der Waals surface area contributed by atoms with Crippen LogP contribution in [0.2, 0.25) is 0 Å². The molecule has 2 N–H and O–H groups in total. The summed E-state index contributed by atoms with van der Waals surface area (Å²) in [6.45, 7) is 1.79. The number of amides is 1. The maximum absolute atomic E-state index is 12.1. The van der Waals surface area contributed by atoms with Gasteiger partial charge in [0.1, 0.15) is 0 Å². The van der Waals surface area contributed by atoms with Crippen LogP contribution in [0, 0.1) is 0 Å². The van der Waals surface area contributed by atoms with Gasteiger partial charge in [0.25, 0.3) is 11.9 Å². The van der Waals surface area contributed by atoms with Crippen LogP contribution in [-0.2, 0) is 20.0 Å². The summed E-state index contributed by atoms with van der Waals surface area (Å²) in [6.07, 6.45) is 1.00. The van der Waals surface area contributed by atoms with E-state index in [4.69, 9.17) is 0 Å². The topological polar surface area (TPSA) is 84.7 Å². The van der Waals surface area contributed by atoms with Gasteiger partial charge in [0.15, 0.2) is 0 Å². The normalized spacial score (nSPS) is 13.9. The van der Waals surface area contributed by atoms with Crippen LogP contribution >= 0.6 is 0 Å². The quantitative estimate of drug-likeness (QED) is 0.798. The molecule has 2 aromatic rings. The van der Waals surface area contributed by atoms with Crippen LogP contribution < -0.4 is 10.6 Å². The zero-order valence-electron chi connectivity index (χ0n) is 10.6. The van der Waals surface area contributed by atoms with Gasteiger partial charge in [-0.1, -0.05) is 11.2 Å². The van der Waals surface area contributed by atoms with Crippen molar-refractivity contribution < 1.29 is 4.79 Å². The summed E-state index contributed by atoms with van der Waals surface area (Å²) in [6, 6.07) is 5.75. The fourth-order valence-electron chi connectivity index (χ4n) is 2.13. The lowest BCUT2D eigenvalue weighted by atomic mass is 9.98. The van der Waals surface area contributed by atoms with Gasteiger partial charge >= 0.3 is 0 Å². The van der Waals surface area contributed by atoms with Gasteiger partial charge in [-0.05, 0) is 41.4 Å². The Balaban J connectivity index is 1.80. The van der Waals surface area contributed by atoms with E-state index in [-0.39, 0.29) is 11.9 Å². The number of anilines is 1. The Hall–Kier alpha value is -2.28. The molecule has 3 rings (SSSR count). The molecule has 19 heavy (non-hydrogen) atoms. The molecule has 1 aromatic carbocycles. The number of aryl methyl sites for hydroxylation is 1. The molecule has 0 radical (unpaired) electrons. The third kappa shape index (κ3) is 2.45. The third-order valence-corrected chi connectivity index (χ3v) is 3.09. The highest BCUT2D eigenvalue weighted by Crippen LogP contribution is 2.16. The van der Waals surface area contributed by atoms with Gasteiger partial charge < -0.3 is 5.32 Å². The van der Waals surface area contributed by atoms with Crippen LogP contribution in [0.4, 0.5) is 5.95 Å². The molecule has 98 valence electrons. The van der Waals surface area contributed by atoms with Crippen LogP contribution in [0.5, 0.6) is 0 Å². The van der Waals surface area contributed by atoms with E-state index < -0.39 is 0 Å². The number of tetrazole rings is 1. The number of fused-ring (bicyclic) bond motifs is 1. The van der Waals surface area contributed by atoms with E-state index >= 15 is 0 Å². The van der Waals surface area contributed by atoms with Crippen LogP contribution in [0.15, 0.2) is 18.2 Å². The van der Waals surface area contributed by atoms with Crippen LogP contribution in [0.25, 0.3) is 0 Å². The molecule has 2 heterocycles. The van der Waals surface area contributed by atoms with E-state index in [0.29, 0.717) is 5.56 Å². The van der Waals surface area contributed by atoms with E-state index in [0.717, 1.165) is 19.5 Å². The zero-order valence-corrected chi connectivity index (χ0v) is 10.6. The second-order valence-corrected chi connectivity index (χ2v) is 4.47. The fraction of sp³-hybridized carbons (Fsp3) is 0.333. The Labute approximate surface area is 110 Å². The molecule has 1 aliphatic rings. The van der Waals surface area contributed by atoms with Crippen LogP contribution in [0.3, 0.4) is 0 Å². The highest BCUT2D eigenvalue weighted by molar-refractivity contribution is 6.03. The molecule has 0 aliphatic carbocycles. The lowest BCUT2D eigenvalue weighted by Crippen LogP contribution is -2.24. The molecule has 1 amide bonds. The van der Waals surface area contributed by atoms with Gasteiger partial charge in [-0.25, -0.2) is 0 Å². The largest absolute Gasteiger partial charge is 0.312 e. The molecule has 0 bridgehead atoms. The average molecular weight is 258 g/mol. The second-order valence-electron chi connectivity index (χ2n) is 4.47. The predicted octanol–water partition coefficient (Wildman–Crippen LogP) is 0.108. The zero-order chi connectivity index (χ0) is 13.2. The summed E-state index contributed by atoms with van der Waals surface area (Å²) in [5, 5.41) is 17.2. The smallest absolute Gasteiger partial charge is 0.270 e. The SMILES string of the molecule is Cn1nnc(NC(=O)c2ccc3c(c2)CNCC3)n1. The molecular weight excluding hydrogens is 244 g/mol. The van der Waals surface area contributed by atoms with Gasteiger partial charge in [-0.3, -0.25) is 10.1 Å². The van der Waals surface area contributed by atoms with Crippen molar-refractivity contribution in [3.8, 4) is 0 Å². The molecular formula is C12H14N6O. The van der Waals surface area contributed by atoms with Crippen molar-refractivity contribution in [3.05, 3.63) is 34.9 Å². The van der Waals surface area contributed by atoms with Crippen molar-refractivity contribution in [2.75, 3.05) is 11.9 Å². The summed E-state index contributed by atoms with van der Waals surface area (Å²) in [5.41, 5.74) is 3.08. The first kappa shape index (κ1) is 11.8. The standard InChI is InChI=1S/C12H14N6O/c1-18-16-12(15-17-18)14-11(19)9-3-2-8-4-5-13-7-10(8)6-9/h2-3,6,13H,4-5,7H2,1H3,(H,14,16,19). The lowest BCUT2D eigenvalue weighted by molar-refractivity contribution is 0.102. The second kappa shape index (κ2) is 4.77. The van der Waals surface area contributed by atoms with Crippen molar-refractivity contribution in [1.29, 1.82) is 0 Å². The van der Waals surface area contributed by atoms with Gasteiger partial charge in [-0.2, -0.15) is 4.80 Å². The lowest BCUT2D eigenvalue weighted by Gasteiger charge is -2.17. The first-order valence-corrected chi connectivity index (χ1v) is 6.10. The number of nitrogens with one attached hydrogen (secondary N) is 2. The maximum atomic E-state index is 12.1. The number of nitrogens with zero attached hydrogens (tertiary/aromatic N) is 4. The molecule has 1 aliphatic heterocycles. The minimum Gasteiger partial charge on any atom is -0.312 e. The predicted molar refractivity (Wildman–Crippen MR) is 68.6 cm³/mol. The van der Waals surface area contributed by atoms with Crippen LogP contribution in [0.1, 0.15) is 21.5 Å². The number of hydrogen-bond donors (Lipinski definition) is 2. The van der Waals surface area contributed by atoms with E-state index in [2.05, 4.69) is 26.0 Å². The van der Waals surface area contributed by atoms with E-state index in [1.165, 1.54) is 15.9 Å². The number of carbonyl (C=O) groups is 1. The molecule has 0 fully saturated rings. The van der Waals surface area contributed by atoms with Crippen molar-refractivity contribution >= 4 is 11.9 Å².